The van der Waals surface area contributed by atoms with E-state index in [1.165, 1.54) is 37.4 Å². The number of halogens is 3. The van der Waals surface area contributed by atoms with Crippen molar-refractivity contribution in [2.75, 3.05) is 17.2 Å². The van der Waals surface area contributed by atoms with Crippen molar-refractivity contribution in [3.05, 3.63) is 47.9 Å². The van der Waals surface area contributed by atoms with E-state index in [2.05, 4.69) is 20.6 Å². The molecule has 0 bridgehead atoms. The van der Waals surface area contributed by atoms with E-state index in [4.69, 9.17) is 0 Å². The molecule has 1 aromatic carbocycles. The van der Waals surface area contributed by atoms with Gasteiger partial charge in [-0.1, -0.05) is 12.8 Å². The van der Waals surface area contributed by atoms with Crippen LogP contribution < -0.4 is 10.6 Å². The van der Waals surface area contributed by atoms with Crippen LogP contribution in [0.15, 0.2) is 36.7 Å². The highest BCUT2D eigenvalue weighted by molar-refractivity contribution is 6.05. The van der Waals surface area contributed by atoms with E-state index in [0.717, 1.165) is 31.5 Å². The van der Waals surface area contributed by atoms with Gasteiger partial charge in [0, 0.05) is 24.6 Å². The Morgan fingerprint density at radius 1 is 1.08 bits per heavy atom. The molecule has 1 amide bonds. The SMILES string of the molecule is O=C(Nc1ccc(C(F)(F)F)cc1)c1nccnc1NCC1CCCC1. The average molecular weight is 364 g/mol. The Morgan fingerprint density at radius 3 is 2.38 bits per heavy atom. The van der Waals surface area contributed by atoms with Crippen LogP contribution in [0.4, 0.5) is 24.7 Å². The highest BCUT2D eigenvalue weighted by Crippen LogP contribution is 2.30. The first-order valence-corrected chi connectivity index (χ1v) is 8.47. The van der Waals surface area contributed by atoms with E-state index in [1.54, 1.807) is 0 Å². The van der Waals surface area contributed by atoms with Gasteiger partial charge in [-0.15, -0.1) is 0 Å². The Hall–Kier alpha value is -2.64. The van der Waals surface area contributed by atoms with Crippen LogP contribution in [0.5, 0.6) is 0 Å². The first-order chi connectivity index (χ1) is 12.4. The minimum Gasteiger partial charge on any atom is -0.368 e. The molecule has 2 aromatic rings. The van der Waals surface area contributed by atoms with Crippen LogP contribution in [-0.4, -0.2) is 22.4 Å². The summed E-state index contributed by atoms with van der Waals surface area (Å²) in [5.74, 6) is 0.415. The summed E-state index contributed by atoms with van der Waals surface area (Å²) < 4.78 is 37.8. The summed E-state index contributed by atoms with van der Waals surface area (Å²) in [6, 6.07) is 4.27. The summed E-state index contributed by atoms with van der Waals surface area (Å²) in [7, 11) is 0. The minimum absolute atomic E-state index is 0.116. The summed E-state index contributed by atoms with van der Waals surface area (Å²) in [4.78, 5) is 20.7. The predicted molar refractivity (Wildman–Crippen MR) is 91.9 cm³/mol. The van der Waals surface area contributed by atoms with E-state index < -0.39 is 17.6 Å². The van der Waals surface area contributed by atoms with Gasteiger partial charge in [-0.2, -0.15) is 13.2 Å². The number of amides is 1. The zero-order valence-corrected chi connectivity index (χ0v) is 14.0. The molecule has 0 spiro atoms. The second kappa shape index (κ2) is 7.72. The van der Waals surface area contributed by atoms with Crippen molar-refractivity contribution < 1.29 is 18.0 Å². The maximum atomic E-state index is 12.6. The number of nitrogens with one attached hydrogen (secondary N) is 2. The monoisotopic (exact) mass is 364 g/mol. The normalized spacial score (nSPS) is 15.0. The molecule has 138 valence electrons. The summed E-state index contributed by atoms with van der Waals surface area (Å²) in [6.45, 7) is 0.721. The zero-order chi connectivity index (χ0) is 18.6. The Morgan fingerprint density at radius 2 is 1.73 bits per heavy atom. The van der Waals surface area contributed by atoms with E-state index in [1.807, 2.05) is 0 Å². The molecule has 0 atom stereocenters. The predicted octanol–water partition coefficient (Wildman–Crippen LogP) is 4.35. The topological polar surface area (TPSA) is 66.9 Å². The van der Waals surface area contributed by atoms with Crippen LogP contribution in [-0.2, 0) is 6.18 Å². The molecule has 0 radical (unpaired) electrons. The summed E-state index contributed by atoms with van der Waals surface area (Å²) in [6.07, 6.45) is 3.22. The molecule has 0 saturated heterocycles. The van der Waals surface area contributed by atoms with E-state index in [-0.39, 0.29) is 11.4 Å². The summed E-state index contributed by atoms with van der Waals surface area (Å²) in [5.41, 5.74) is -0.394. The fraction of sp³-hybridized carbons (Fsp3) is 0.389. The molecule has 26 heavy (non-hydrogen) atoms. The maximum absolute atomic E-state index is 12.6. The molecule has 1 aliphatic carbocycles. The van der Waals surface area contributed by atoms with E-state index >= 15 is 0 Å². The smallest absolute Gasteiger partial charge is 0.368 e. The van der Waals surface area contributed by atoms with Gasteiger partial charge in [0.05, 0.1) is 5.56 Å². The lowest BCUT2D eigenvalue weighted by Gasteiger charge is -2.13. The van der Waals surface area contributed by atoms with Gasteiger partial charge in [0.2, 0.25) is 0 Å². The van der Waals surface area contributed by atoms with Crippen molar-refractivity contribution in [3.63, 3.8) is 0 Å². The minimum atomic E-state index is -4.41. The molecule has 1 heterocycles. The van der Waals surface area contributed by atoms with Gasteiger partial charge in [-0.3, -0.25) is 4.79 Å². The molecule has 1 fully saturated rings. The van der Waals surface area contributed by atoms with Crippen LogP contribution >= 0.6 is 0 Å². The van der Waals surface area contributed by atoms with E-state index in [0.29, 0.717) is 11.7 Å². The lowest BCUT2D eigenvalue weighted by Crippen LogP contribution is -2.20. The fourth-order valence-electron chi connectivity index (χ4n) is 3.02. The second-order valence-corrected chi connectivity index (χ2v) is 6.31. The molecule has 0 aliphatic heterocycles. The van der Waals surface area contributed by atoms with Crippen LogP contribution in [0, 0.1) is 5.92 Å². The molecule has 1 saturated carbocycles. The Labute approximate surface area is 149 Å². The summed E-state index contributed by atoms with van der Waals surface area (Å²) >= 11 is 0. The van der Waals surface area contributed by atoms with Gasteiger partial charge in [-0.25, -0.2) is 9.97 Å². The third kappa shape index (κ3) is 4.50. The Balaban J connectivity index is 1.67. The Bertz CT molecular complexity index is 756. The maximum Gasteiger partial charge on any atom is 0.416 e. The van der Waals surface area contributed by atoms with Gasteiger partial charge in [-0.05, 0) is 43.0 Å². The number of hydrogen-bond acceptors (Lipinski definition) is 4. The number of alkyl halides is 3. The molecule has 1 aromatic heterocycles. The van der Waals surface area contributed by atoms with Gasteiger partial charge in [0.25, 0.3) is 5.91 Å². The molecular weight excluding hydrogens is 345 g/mol. The van der Waals surface area contributed by atoms with Crippen molar-refractivity contribution in [1.29, 1.82) is 0 Å². The number of aromatic nitrogens is 2. The first kappa shape index (κ1) is 18.2. The van der Waals surface area contributed by atoms with Crippen molar-refractivity contribution in [1.82, 2.24) is 9.97 Å². The van der Waals surface area contributed by atoms with Crippen LogP contribution in [0.25, 0.3) is 0 Å². The third-order valence-corrected chi connectivity index (χ3v) is 4.42. The van der Waals surface area contributed by atoms with Gasteiger partial charge in [0.15, 0.2) is 11.5 Å². The highest BCUT2D eigenvalue weighted by atomic mass is 19.4. The van der Waals surface area contributed by atoms with Gasteiger partial charge >= 0.3 is 6.18 Å². The molecule has 0 unspecified atom stereocenters. The largest absolute Gasteiger partial charge is 0.416 e. The first-order valence-electron chi connectivity index (χ1n) is 8.47. The lowest BCUT2D eigenvalue weighted by atomic mass is 10.1. The number of nitrogens with zero attached hydrogens (tertiary/aromatic N) is 2. The van der Waals surface area contributed by atoms with E-state index in [9.17, 15) is 18.0 Å². The van der Waals surface area contributed by atoms with Crippen molar-refractivity contribution in [3.8, 4) is 0 Å². The standard InChI is InChI=1S/C18H19F3N4O/c19-18(20,21)13-5-7-14(8-6-13)25-17(26)15-16(23-10-9-22-15)24-11-12-3-1-2-4-12/h5-10,12H,1-4,11H2,(H,23,24)(H,25,26). The number of anilines is 2. The quantitative estimate of drug-likeness (QED) is 0.828. The molecule has 2 N–H and O–H groups in total. The average Bonchev–Trinajstić information content (AvgIpc) is 3.13. The molecule has 5 nitrogen and oxygen atoms in total. The summed E-state index contributed by atoms with van der Waals surface area (Å²) in [5, 5.41) is 5.72. The van der Waals surface area contributed by atoms with Gasteiger partial charge in [0.1, 0.15) is 0 Å². The number of carbonyl (C=O) groups is 1. The molecule has 3 rings (SSSR count). The van der Waals surface area contributed by atoms with Crippen LogP contribution in [0.1, 0.15) is 41.7 Å². The zero-order valence-electron chi connectivity index (χ0n) is 14.0. The van der Waals surface area contributed by atoms with Crippen LogP contribution in [0.2, 0.25) is 0 Å². The molecule has 1 aliphatic rings. The number of hydrogen-bond donors (Lipinski definition) is 2. The fourth-order valence-corrected chi connectivity index (χ4v) is 3.02. The second-order valence-electron chi connectivity index (χ2n) is 6.31. The van der Waals surface area contributed by atoms with Crippen molar-refractivity contribution in [2.45, 2.75) is 31.9 Å². The molecule has 8 heteroatoms. The third-order valence-electron chi connectivity index (χ3n) is 4.42. The number of carbonyl (C=O) groups excluding carboxylic acids is 1. The van der Waals surface area contributed by atoms with Crippen LogP contribution in [0.3, 0.4) is 0 Å². The number of benzene rings is 1. The Kier molecular flexibility index (Phi) is 5.39. The highest BCUT2D eigenvalue weighted by Gasteiger charge is 2.30. The number of rotatable bonds is 5. The lowest BCUT2D eigenvalue weighted by molar-refractivity contribution is -0.137. The van der Waals surface area contributed by atoms with Crippen molar-refractivity contribution in [2.24, 2.45) is 5.92 Å². The van der Waals surface area contributed by atoms with Crippen molar-refractivity contribution >= 4 is 17.4 Å². The van der Waals surface area contributed by atoms with Gasteiger partial charge < -0.3 is 10.6 Å². The molecular formula is C18H19F3N4O.